The number of nitrogens with zero attached hydrogens (tertiary/aromatic N) is 3. The molecule has 18 heavy (non-hydrogen) atoms. The minimum Gasteiger partial charge on any atom is -0.382 e. The molecule has 2 rings (SSSR count). The molecule has 2 aromatic rings. The van der Waals surface area contributed by atoms with Crippen molar-refractivity contribution in [1.29, 1.82) is 5.26 Å². The third kappa shape index (κ3) is 2.58. The zero-order chi connectivity index (χ0) is 13.0. The molecule has 1 heterocycles. The summed E-state index contributed by atoms with van der Waals surface area (Å²) in [4.78, 5) is 6.07. The summed E-state index contributed by atoms with van der Waals surface area (Å²) in [6.45, 7) is 0.686. The minimum absolute atomic E-state index is 0.511. The van der Waals surface area contributed by atoms with E-state index in [1.807, 2.05) is 42.3 Å². The van der Waals surface area contributed by atoms with E-state index in [2.05, 4.69) is 11.1 Å². The van der Waals surface area contributed by atoms with Gasteiger partial charge in [-0.15, -0.1) is 0 Å². The lowest BCUT2D eigenvalue weighted by Gasteiger charge is -2.20. The van der Waals surface area contributed by atoms with Crippen LogP contribution in [0.5, 0.6) is 0 Å². The fourth-order valence-corrected chi connectivity index (χ4v) is 1.83. The Morgan fingerprint density at radius 3 is 2.89 bits per heavy atom. The van der Waals surface area contributed by atoms with E-state index in [0.29, 0.717) is 17.9 Å². The first kappa shape index (κ1) is 11.9. The lowest BCUT2D eigenvalue weighted by atomic mass is 10.1. The first-order valence-corrected chi connectivity index (χ1v) is 5.61. The van der Waals surface area contributed by atoms with Gasteiger partial charge in [-0.3, -0.25) is 0 Å². The largest absolute Gasteiger partial charge is 0.382 e. The number of aromatic nitrogens is 1. The molecule has 1 aromatic heterocycles. The third-order valence-electron chi connectivity index (χ3n) is 2.70. The van der Waals surface area contributed by atoms with E-state index >= 15 is 0 Å². The maximum atomic E-state index is 8.86. The monoisotopic (exact) mass is 238 g/mol. The van der Waals surface area contributed by atoms with Gasteiger partial charge >= 0.3 is 0 Å². The highest BCUT2D eigenvalue weighted by Gasteiger charge is 2.06. The fourth-order valence-electron chi connectivity index (χ4n) is 1.83. The molecule has 0 fully saturated rings. The molecule has 0 saturated carbocycles. The summed E-state index contributed by atoms with van der Waals surface area (Å²) in [7, 11) is 1.95. The second-order valence-electron chi connectivity index (χ2n) is 4.08. The number of hydrogen-bond donors (Lipinski definition) is 1. The van der Waals surface area contributed by atoms with Gasteiger partial charge in [0.15, 0.2) is 0 Å². The molecule has 0 spiro atoms. The molecule has 4 heteroatoms. The lowest BCUT2D eigenvalue weighted by molar-refractivity contribution is 0.920. The van der Waals surface area contributed by atoms with Crippen molar-refractivity contribution in [3.05, 3.63) is 53.7 Å². The van der Waals surface area contributed by atoms with Gasteiger partial charge in [-0.1, -0.05) is 12.1 Å². The van der Waals surface area contributed by atoms with Crippen LogP contribution in [-0.4, -0.2) is 12.0 Å². The Hall–Kier alpha value is -2.54. The van der Waals surface area contributed by atoms with E-state index in [4.69, 9.17) is 11.0 Å². The summed E-state index contributed by atoms with van der Waals surface area (Å²) in [5, 5.41) is 8.86. The number of hydrogen-bond acceptors (Lipinski definition) is 4. The number of benzene rings is 1. The molecular formula is C14H14N4. The molecule has 0 aliphatic carbocycles. The Bertz CT molecular complexity index is 586. The molecule has 0 aliphatic heterocycles. The molecule has 4 nitrogen and oxygen atoms in total. The zero-order valence-electron chi connectivity index (χ0n) is 10.2. The van der Waals surface area contributed by atoms with Gasteiger partial charge in [-0.2, -0.15) is 5.26 Å². The van der Waals surface area contributed by atoms with Crippen LogP contribution in [-0.2, 0) is 6.54 Å². The number of nitrogens with two attached hydrogens (primary N) is 1. The molecule has 0 atom stereocenters. The highest BCUT2D eigenvalue weighted by molar-refractivity contribution is 5.62. The summed E-state index contributed by atoms with van der Waals surface area (Å²) in [6, 6.07) is 13.5. The fraction of sp³-hybridized carbons (Fsp3) is 0.143. The zero-order valence-corrected chi connectivity index (χ0v) is 10.2. The summed E-state index contributed by atoms with van der Waals surface area (Å²) in [6.07, 6.45) is 1.67. The Morgan fingerprint density at radius 1 is 1.33 bits per heavy atom. The Balaban J connectivity index is 2.19. The Morgan fingerprint density at radius 2 is 2.17 bits per heavy atom. The van der Waals surface area contributed by atoms with Crippen molar-refractivity contribution in [2.75, 3.05) is 17.7 Å². The van der Waals surface area contributed by atoms with Crippen molar-refractivity contribution >= 4 is 11.5 Å². The van der Waals surface area contributed by atoms with Crippen molar-refractivity contribution in [2.24, 2.45) is 0 Å². The standard InChI is InChI=1S/C14H14N4/c1-18(13-6-3-7-17-14(13)16)10-12-5-2-4-11(8-12)9-15/h2-8H,10H2,1H3,(H2,16,17). The molecule has 0 bridgehead atoms. The van der Waals surface area contributed by atoms with Crippen molar-refractivity contribution in [3.8, 4) is 6.07 Å². The van der Waals surface area contributed by atoms with Crippen molar-refractivity contribution in [1.82, 2.24) is 4.98 Å². The average Bonchev–Trinajstić information content (AvgIpc) is 2.39. The van der Waals surface area contributed by atoms with Gasteiger partial charge in [-0.25, -0.2) is 4.98 Å². The number of nitrogen functional groups attached to an aromatic ring is 1. The van der Waals surface area contributed by atoms with E-state index in [-0.39, 0.29) is 0 Å². The van der Waals surface area contributed by atoms with Crippen LogP contribution in [0.4, 0.5) is 11.5 Å². The molecule has 0 aliphatic rings. The number of rotatable bonds is 3. The van der Waals surface area contributed by atoms with E-state index in [1.54, 1.807) is 12.3 Å². The highest BCUT2D eigenvalue weighted by Crippen LogP contribution is 2.20. The van der Waals surface area contributed by atoms with Crippen LogP contribution in [0.1, 0.15) is 11.1 Å². The maximum Gasteiger partial charge on any atom is 0.146 e. The predicted octanol–water partition coefficient (Wildman–Crippen LogP) is 2.17. The molecule has 0 saturated heterocycles. The van der Waals surface area contributed by atoms with Gasteiger partial charge in [0.1, 0.15) is 5.82 Å². The first-order chi connectivity index (χ1) is 8.70. The van der Waals surface area contributed by atoms with Gasteiger partial charge in [0, 0.05) is 19.8 Å². The second-order valence-corrected chi connectivity index (χ2v) is 4.08. The predicted molar refractivity (Wildman–Crippen MR) is 71.9 cm³/mol. The van der Waals surface area contributed by atoms with Crippen LogP contribution in [0.25, 0.3) is 0 Å². The van der Waals surface area contributed by atoms with Gasteiger partial charge < -0.3 is 10.6 Å². The van der Waals surface area contributed by atoms with Crippen LogP contribution < -0.4 is 10.6 Å². The lowest BCUT2D eigenvalue weighted by Crippen LogP contribution is -2.18. The molecule has 90 valence electrons. The number of anilines is 2. The summed E-state index contributed by atoms with van der Waals surface area (Å²) in [5.74, 6) is 0.511. The van der Waals surface area contributed by atoms with Crippen molar-refractivity contribution < 1.29 is 0 Å². The van der Waals surface area contributed by atoms with Gasteiger partial charge in [0.25, 0.3) is 0 Å². The minimum atomic E-state index is 0.511. The maximum absolute atomic E-state index is 8.86. The van der Waals surface area contributed by atoms with Crippen LogP contribution >= 0.6 is 0 Å². The van der Waals surface area contributed by atoms with E-state index in [1.165, 1.54) is 0 Å². The molecule has 0 unspecified atom stereocenters. The smallest absolute Gasteiger partial charge is 0.146 e. The SMILES string of the molecule is CN(Cc1cccc(C#N)c1)c1cccnc1N. The second kappa shape index (κ2) is 5.19. The normalized spacial score (nSPS) is 9.78. The van der Waals surface area contributed by atoms with Crippen molar-refractivity contribution in [2.45, 2.75) is 6.54 Å². The van der Waals surface area contributed by atoms with Crippen LogP contribution in [0.3, 0.4) is 0 Å². The van der Waals surface area contributed by atoms with Crippen LogP contribution in [0, 0.1) is 11.3 Å². The van der Waals surface area contributed by atoms with Crippen molar-refractivity contribution in [3.63, 3.8) is 0 Å². The number of pyridine rings is 1. The van der Waals surface area contributed by atoms with E-state index in [0.717, 1.165) is 11.3 Å². The van der Waals surface area contributed by atoms with Crippen LogP contribution in [0.15, 0.2) is 42.6 Å². The Labute approximate surface area is 106 Å². The summed E-state index contributed by atoms with van der Waals surface area (Å²) >= 11 is 0. The third-order valence-corrected chi connectivity index (χ3v) is 2.70. The average molecular weight is 238 g/mol. The molecular weight excluding hydrogens is 224 g/mol. The molecule has 0 amide bonds. The molecule has 1 aromatic carbocycles. The van der Waals surface area contributed by atoms with Gasteiger partial charge in [0.05, 0.1) is 17.3 Å². The van der Waals surface area contributed by atoms with Crippen LogP contribution in [0.2, 0.25) is 0 Å². The molecule has 2 N–H and O–H groups in total. The first-order valence-electron chi connectivity index (χ1n) is 5.61. The summed E-state index contributed by atoms with van der Waals surface area (Å²) in [5.41, 5.74) is 8.45. The summed E-state index contributed by atoms with van der Waals surface area (Å²) < 4.78 is 0. The van der Waals surface area contributed by atoms with E-state index in [9.17, 15) is 0 Å². The van der Waals surface area contributed by atoms with Gasteiger partial charge in [0.2, 0.25) is 0 Å². The Kier molecular flexibility index (Phi) is 3.44. The number of nitriles is 1. The van der Waals surface area contributed by atoms with Gasteiger partial charge in [-0.05, 0) is 29.8 Å². The van der Waals surface area contributed by atoms with E-state index < -0.39 is 0 Å². The molecule has 0 radical (unpaired) electrons. The highest BCUT2D eigenvalue weighted by atomic mass is 15.1. The quantitative estimate of drug-likeness (QED) is 0.890. The topological polar surface area (TPSA) is 65.9 Å².